The molecule has 3 aromatic rings. The lowest BCUT2D eigenvalue weighted by Gasteiger charge is -2.01. The molecule has 6 heteroatoms. The molecule has 0 aliphatic rings. The number of nitrogens with zero attached hydrogens (tertiary/aromatic N) is 2. The van der Waals surface area contributed by atoms with Crippen LogP contribution >= 0.6 is 0 Å². The predicted molar refractivity (Wildman–Crippen MR) is 75.3 cm³/mol. The molecule has 110 valence electrons. The molecule has 0 N–H and O–H groups in total. The predicted octanol–water partition coefficient (Wildman–Crippen LogP) is 3.23. The van der Waals surface area contributed by atoms with Crippen molar-refractivity contribution in [2.75, 3.05) is 0 Å². The van der Waals surface area contributed by atoms with Gasteiger partial charge in [-0.3, -0.25) is 0 Å². The lowest BCUT2D eigenvalue weighted by molar-refractivity contribution is 0.0429. The van der Waals surface area contributed by atoms with Crippen LogP contribution in [0.5, 0.6) is 0 Å². The molecule has 0 aliphatic carbocycles. The van der Waals surface area contributed by atoms with Gasteiger partial charge in [-0.25, -0.2) is 9.18 Å². The maximum absolute atomic E-state index is 13.0. The van der Waals surface area contributed by atoms with Crippen LogP contribution in [0.25, 0.3) is 11.4 Å². The second kappa shape index (κ2) is 6.17. The average Bonchev–Trinajstić information content (AvgIpc) is 3.02. The largest absolute Gasteiger partial charge is 0.452 e. The highest BCUT2D eigenvalue weighted by molar-refractivity contribution is 5.89. The molecule has 0 fully saturated rings. The van der Waals surface area contributed by atoms with Crippen LogP contribution in [0.2, 0.25) is 0 Å². The van der Waals surface area contributed by atoms with Gasteiger partial charge in [0.05, 0.1) is 5.56 Å². The lowest BCUT2D eigenvalue weighted by Crippen LogP contribution is -2.05. The van der Waals surface area contributed by atoms with Crippen molar-refractivity contribution in [1.29, 1.82) is 0 Å². The molecule has 22 heavy (non-hydrogen) atoms. The molecule has 3 rings (SSSR count). The summed E-state index contributed by atoms with van der Waals surface area (Å²) in [6.07, 6.45) is 0. The first kappa shape index (κ1) is 13.9. The minimum Gasteiger partial charge on any atom is -0.452 e. The van der Waals surface area contributed by atoms with Crippen molar-refractivity contribution in [3.05, 3.63) is 71.9 Å². The molecule has 0 saturated carbocycles. The molecule has 1 aromatic heterocycles. The maximum Gasteiger partial charge on any atom is 0.338 e. The first-order valence-electron chi connectivity index (χ1n) is 6.53. The number of carbonyl (C=O) groups is 1. The normalized spacial score (nSPS) is 10.4. The Kier molecular flexibility index (Phi) is 3.91. The van der Waals surface area contributed by atoms with Gasteiger partial charge < -0.3 is 9.26 Å². The highest BCUT2D eigenvalue weighted by atomic mass is 19.1. The van der Waals surface area contributed by atoms with Gasteiger partial charge in [-0.2, -0.15) is 4.98 Å². The Morgan fingerprint density at radius 1 is 1.14 bits per heavy atom. The summed E-state index contributed by atoms with van der Waals surface area (Å²) in [4.78, 5) is 15.9. The molecule has 0 amide bonds. The van der Waals surface area contributed by atoms with Crippen LogP contribution in [0.3, 0.4) is 0 Å². The number of aromatic nitrogens is 2. The molecule has 0 aliphatic heterocycles. The van der Waals surface area contributed by atoms with E-state index in [9.17, 15) is 9.18 Å². The average molecular weight is 298 g/mol. The van der Waals surface area contributed by atoms with E-state index in [1.165, 1.54) is 18.2 Å². The van der Waals surface area contributed by atoms with Gasteiger partial charge in [-0.05, 0) is 18.2 Å². The number of carbonyl (C=O) groups excluding carboxylic acids is 1. The molecule has 0 unspecified atom stereocenters. The highest BCUT2D eigenvalue weighted by Crippen LogP contribution is 2.15. The zero-order valence-corrected chi connectivity index (χ0v) is 11.4. The third-order valence-electron chi connectivity index (χ3n) is 2.89. The van der Waals surface area contributed by atoms with Gasteiger partial charge in [-0.1, -0.05) is 41.6 Å². The van der Waals surface area contributed by atoms with Crippen LogP contribution < -0.4 is 0 Å². The maximum atomic E-state index is 13.0. The molecule has 2 aromatic carbocycles. The Labute approximate surface area is 125 Å². The third kappa shape index (κ3) is 3.17. The molecule has 0 atom stereocenters. The summed E-state index contributed by atoms with van der Waals surface area (Å²) in [7, 11) is 0. The highest BCUT2D eigenvalue weighted by Gasteiger charge is 2.12. The molecular formula is C16H11FN2O3. The summed E-state index contributed by atoms with van der Waals surface area (Å²) in [6, 6.07) is 14.5. The van der Waals surface area contributed by atoms with E-state index < -0.39 is 11.8 Å². The van der Waals surface area contributed by atoms with Crippen LogP contribution in [-0.2, 0) is 11.3 Å². The monoisotopic (exact) mass is 298 g/mol. The first-order valence-corrected chi connectivity index (χ1v) is 6.53. The smallest absolute Gasteiger partial charge is 0.338 e. The summed E-state index contributed by atoms with van der Waals surface area (Å²) >= 11 is 0. The van der Waals surface area contributed by atoms with E-state index >= 15 is 0 Å². The number of esters is 1. The number of rotatable bonds is 4. The third-order valence-corrected chi connectivity index (χ3v) is 2.89. The lowest BCUT2D eigenvalue weighted by atomic mass is 10.2. The molecule has 1 heterocycles. The van der Waals surface area contributed by atoms with Crippen LogP contribution in [0.15, 0.2) is 59.1 Å². The van der Waals surface area contributed by atoms with Crippen LogP contribution in [0, 0.1) is 5.82 Å². The molecular weight excluding hydrogens is 287 g/mol. The van der Waals surface area contributed by atoms with Crippen molar-refractivity contribution in [2.45, 2.75) is 6.61 Å². The van der Waals surface area contributed by atoms with Gasteiger partial charge >= 0.3 is 5.97 Å². The van der Waals surface area contributed by atoms with Gasteiger partial charge in [0, 0.05) is 5.56 Å². The van der Waals surface area contributed by atoms with Crippen molar-refractivity contribution in [3.63, 3.8) is 0 Å². The van der Waals surface area contributed by atoms with Crippen molar-refractivity contribution in [3.8, 4) is 11.4 Å². The standard InChI is InChI=1S/C16H11FN2O3/c17-13-8-4-7-12(9-13)16(20)21-10-14-18-15(19-22-14)11-5-2-1-3-6-11/h1-9H,10H2. The van der Waals surface area contributed by atoms with Crippen molar-refractivity contribution < 1.29 is 18.4 Å². The number of hydrogen-bond donors (Lipinski definition) is 0. The van der Waals surface area contributed by atoms with E-state index in [0.717, 1.165) is 11.6 Å². The Hall–Kier alpha value is -3.02. The first-order chi connectivity index (χ1) is 10.7. The minimum atomic E-state index is -0.654. The number of benzene rings is 2. The molecule has 0 radical (unpaired) electrons. The van der Waals surface area contributed by atoms with E-state index in [1.54, 1.807) is 0 Å². The van der Waals surface area contributed by atoms with Gasteiger partial charge in [0.25, 0.3) is 5.89 Å². The van der Waals surface area contributed by atoms with Gasteiger partial charge in [0.2, 0.25) is 5.82 Å². The fourth-order valence-electron chi connectivity index (χ4n) is 1.84. The van der Waals surface area contributed by atoms with E-state index in [-0.39, 0.29) is 18.1 Å². The Bertz CT molecular complexity index is 787. The number of ether oxygens (including phenoxy) is 1. The van der Waals surface area contributed by atoms with Gasteiger partial charge in [0.1, 0.15) is 5.82 Å². The van der Waals surface area contributed by atoms with Crippen LogP contribution in [0.1, 0.15) is 16.2 Å². The Balaban J connectivity index is 1.65. The van der Waals surface area contributed by atoms with Gasteiger partial charge in [0.15, 0.2) is 6.61 Å². The fraction of sp³-hybridized carbons (Fsp3) is 0.0625. The van der Waals surface area contributed by atoms with E-state index in [0.29, 0.717) is 5.82 Å². The summed E-state index contributed by atoms with van der Waals surface area (Å²) in [5.41, 5.74) is 0.928. The van der Waals surface area contributed by atoms with Crippen molar-refractivity contribution in [1.82, 2.24) is 10.1 Å². The zero-order chi connectivity index (χ0) is 15.4. The zero-order valence-electron chi connectivity index (χ0n) is 11.4. The molecule has 0 bridgehead atoms. The summed E-state index contributed by atoms with van der Waals surface area (Å²) in [6.45, 7) is -0.171. The Morgan fingerprint density at radius 2 is 1.95 bits per heavy atom. The number of hydrogen-bond acceptors (Lipinski definition) is 5. The van der Waals surface area contributed by atoms with E-state index in [1.807, 2.05) is 30.3 Å². The van der Waals surface area contributed by atoms with Crippen molar-refractivity contribution >= 4 is 5.97 Å². The fourth-order valence-corrected chi connectivity index (χ4v) is 1.84. The summed E-state index contributed by atoms with van der Waals surface area (Å²) in [5.74, 6) is -0.571. The SMILES string of the molecule is O=C(OCc1nc(-c2ccccc2)no1)c1cccc(F)c1. The van der Waals surface area contributed by atoms with E-state index in [2.05, 4.69) is 10.1 Å². The van der Waals surface area contributed by atoms with Gasteiger partial charge in [-0.15, -0.1) is 0 Å². The molecule has 0 saturated heterocycles. The van der Waals surface area contributed by atoms with Crippen molar-refractivity contribution in [2.24, 2.45) is 0 Å². The Morgan fingerprint density at radius 3 is 2.73 bits per heavy atom. The molecule has 5 nitrogen and oxygen atoms in total. The molecule has 0 spiro atoms. The van der Waals surface area contributed by atoms with E-state index in [4.69, 9.17) is 9.26 Å². The summed E-state index contributed by atoms with van der Waals surface area (Å²) in [5, 5.41) is 3.81. The van der Waals surface area contributed by atoms with Crippen LogP contribution in [0.4, 0.5) is 4.39 Å². The second-order valence-corrected chi connectivity index (χ2v) is 4.46. The second-order valence-electron chi connectivity index (χ2n) is 4.46. The number of halogens is 1. The minimum absolute atomic E-state index is 0.128. The topological polar surface area (TPSA) is 65.2 Å². The summed E-state index contributed by atoms with van der Waals surface area (Å²) < 4.78 is 23.1. The van der Waals surface area contributed by atoms with Crippen LogP contribution in [-0.4, -0.2) is 16.1 Å². The quantitative estimate of drug-likeness (QED) is 0.692.